The second-order valence-corrected chi connectivity index (χ2v) is 7.23. The zero-order valence-corrected chi connectivity index (χ0v) is 13.7. The molecule has 7 heteroatoms. The average Bonchev–Trinajstić information content (AvgIpc) is 2.90. The molecule has 1 fully saturated rings. The second kappa shape index (κ2) is 7.21. The Morgan fingerprint density at radius 1 is 1.27 bits per heavy atom. The summed E-state index contributed by atoms with van der Waals surface area (Å²) in [6.07, 6.45) is 1.47. The van der Waals surface area contributed by atoms with Crippen LogP contribution < -0.4 is 9.62 Å². The van der Waals surface area contributed by atoms with Gasteiger partial charge in [0, 0.05) is 25.2 Å². The van der Waals surface area contributed by atoms with Gasteiger partial charge in [-0.25, -0.2) is 13.1 Å². The van der Waals surface area contributed by atoms with E-state index in [1.165, 1.54) is 12.1 Å². The van der Waals surface area contributed by atoms with Gasteiger partial charge in [-0.1, -0.05) is 0 Å². The van der Waals surface area contributed by atoms with E-state index < -0.39 is 10.0 Å². The molecule has 0 atom stereocenters. The molecule has 0 saturated carbocycles. The quantitative estimate of drug-likeness (QED) is 0.771. The molecular weight excluding hydrogens is 304 g/mol. The molecule has 0 spiro atoms. The molecule has 0 unspecified atom stereocenters. The molecule has 2 rings (SSSR count). The van der Waals surface area contributed by atoms with Crippen LogP contribution in [0.3, 0.4) is 0 Å². The van der Waals surface area contributed by atoms with Gasteiger partial charge in [0.05, 0.1) is 17.6 Å². The van der Waals surface area contributed by atoms with Crippen molar-refractivity contribution in [3.63, 3.8) is 0 Å². The lowest BCUT2D eigenvalue weighted by molar-refractivity contribution is -0.117. The zero-order chi connectivity index (χ0) is 16.2. The van der Waals surface area contributed by atoms with E-state index >= 15 is 0 Å². The van der Waals surface area contributed by atoms with Crippen molar-refractivity contribution in [2.24, 2.45) is 0 Å². The smallest absolute Gasteiger partial charge is 0.240 e. The summed E-state index contributed by atoms with van der Waals surface area (Å²) in [5.74, 6) is 0.0829. The maximum absolute atomic E-state index is 12.1. The molecule has 1 aromatic rings. The van der Waals surface area contributed by atoms with Crippen LogP contribution in [-0.2, 0) is 19.6 Å². The van der Waals surface area contributed by atoms with E-state index in [-0.39, 0.29) is 23.5 Å². The number of carbonyl (C=O) groups excluding carboxylic acids is 1. The molecule has 0 aliphatic carbocycles. The van der Waals surface area contributed by atoms with Gasteiger partial charge in [0.15, 0.2) is 0 Å². The zero-order valence-electron chi connectivity index (χ0n) is 12.9. The molecule has 1 amide bonds. The summed E-state index contributed by atoms with van der Waals surface area (Å²) in [7, 11) is -3.55. The maximum Gasteiger partial charge on any atom is 0.240 e. The number of ether oxygens (including phenoxy) is 1. The van der Waals surface area contributed by atoms with E-state index in [1.54, 1.807) is 17.0 Å². The molecule has 0 bridgehead atoms. The molecule has 1 aliphatic heterocycles. The van der Waals surface area contributed by atoms with E-state index in [1.807, 2.05) is 13.8 Å². The fraction of sp³-hybridized carbons (Fsp3) is 0.533. The third kappa shape index (κ3) is 4.28. The van der Waals surface area contributed by atoms with Gasteiger partial charge in [-0.05, 0) is 44.5 Å². The Balaban J connectivity index is 1.98. The van der Waals surface area contributed by atoms with Crippen LogP contribution in [0.15, 0.2) is 29.2 Å². The summed E-state index contributed by atoms with van der Waals surface area (Å²) in [6.45, 7) is 5.04. The van der Waals surface area contributed by atoms with Crippen molar-refractivity contribution in [1.82, 2.24) is 4.72 Å². The number of hydrogen-bond donors (Lipinski definition) is 1. The first kappa shape index (κ1) is 16.9. The van der Waals surface area contributed by atoms with Crippen LogP contribution in [0, 0.1) is 0 Å². The fourth-order valence-electron chi connectivity index (χ4n) is 2.28. The molecule has 0 aromatic heterocycles. The lowest BCUT2D eigenvalue weighted by atomic mass is 10.3. The van der Waals surface area contributed by atoms with Crippen molar-refractivity contribution in [2.75, 3.05) is 24.6 Å². The van der Waals surface area contributed by atoms with Crippen LogP contribution in [-0.4, -0.2) is 40.1 Å². The molecule has 1 saturated heterocycles. The molecule has 1 aliphatic rings. The van der Waals surface area contributed by atoms with Gasteiger partial charge in [0.1, 0.15) is 0 Å². The minimum absolute atomic E-state index is 0.0711. The first-order valence-electron chi connectivity index (χ1n) is 7.42. The molecule has 1 N–H and O–H groups in total. The Kier molecular flexibility index (Phi) is 5.55. The van der Waals surface area contributed by atoms with Crippen LogP contribution in [0.1, 0.15) is 26.7 Å². The van der Waals surface area contributed by atoms with Gasteiger partial charge in [0.25, 0.3) is 0 Å². The van der Waals surface area contributed by atoms with Crippen molar-refractivity contribution in [1.29, 1.82) is 0 Å². The highest BCUT2D eigenvalue weighted by molar-refractivity contribution is 7.89. The Bertz CT molecular complexity index is 611. The number of rotatable bonds is 7. The number of amides is 1. The number of sulfonamides is 1. The van der Waals surface area contributed by atoms with Crippen molar-refractivity contribution >= 4 is 21.6 Å². The number of carbonyl (C=O) groups is 1. The second-order valence-electron chi connectivity index (χ2n) is 5.46. The third-order valence-corrected chi connectivity index (χ3v) is 4.85. The van der Waals surface area contributed by atoms with Crippen LogP contribution >= 0.6 is 0 Å². The number of nitrogens with zero attached hydrogens (tertiary/aromatic N) is 1. The summed E-state index contributed by atoms with van der Waals surface area (Å²) in [4.78, 5) is 13.5. The van der Waals surface area contributed by atoms with Crippen molar-refractivity contribution < 1.29 is 17.9 Å². The first-order chi connectivity index (χ1) is 10.4. The SMILES string of the molecule is CC(C)OCCNS(=O)(=O)c1ccc(N2CCCC2=O)cc1. The Morgan fingerprint density at radius 3 is 2.50 bits per heavy atom. The highest BCUT2D eigenvalue weighted by Crippen LogP contribution is 2.22. The van der Waals surface area contributed by atoms with Crippen LogP contribution in [0.25, 0.3) is 0 Å². The lowest BCUT2D eigenvalue weighted by Gasteiger charge is -2.16. The normalized spacial score (nSPS) is 15.8. The average molecular weight is 326 g/mol. The van der Waals surface area contributed by atoms with E-state index in [0.29, 0.717) is 19.6 Å². The summed E-state index contributed by atoms with van der Waals surface area (Å²) in [6, 6.07) is 6.38. The van der Waals surface area contributed by atoms with Crippen molar-refractivity contribution in [3.05, 3.63) is 24.3 Å². The van der Waals surface area contributed by atoms with Gasteiger partial charge >= 0.3 is 0 Å². The topological polar surface area (TPSA) is 75.7 Å². The highest BCUT2D eigenvalue weighted by Gasteiger charge is 2.22. The predicted octanol–water partition coefficient (Wildman–Crippen LogP) is 1.52. The monoisotopic (exact) mass is 326 g/mol. The summed E-state index contributed by atoms with van der Waals surface area (Å²) < 4.78 is 32.0. The molecule has 1 aromatic carbocycles. The van der Waals surface area contributed by atoms with Gasteiger partial charge in [0.2, 0.25) is 15.9 Å². The van der Waals surface area contributed by atoms with Gasteiger partial charge in [-0.3, -0.25) is 4.79 Å². The molecule has 122 valence electrons. The van der Waals surface area contributed by atoms with Crippen LogP contribution in [0.5, 0.6) is 0 Å². The number of nitrogens with one attached hydrogen (secondary N) is 1. The summed E-state index contributed by atoms with van der Waals surface area (Å²) >= 11 is 0. The number of hydrogen-bond acceptors (Lipinski definition) is 4. The van der Waals surface area contributed by atoms with Gasteiger partial charge < -0.3 is 9.64 Å². The van der Waals surface area contributed by atoms with Crippen LogP contribution in [0.2, 0.25) is 0 Å². The van der Waals surface area contributed by atoms with E-state index in [0.717, 1.165) is 12.1 Å². The van der Waals surface area contributed by atoms with Gasteiger partial charge in [-0.15, -0.1) is 0 Å². The molecule has 6 nitrogen and oxygen atoms in total. The molecular formula is C15H22N2O4S. The third-order valence-electron chi connectivity index (χ3n) is 3.38. The number of anilines is 1. The standard InChI is InChI=1S/C15H22N2O4S/c1-12(2)21-11-9-16-22(19,20)14-7-5-13(6-8-14)17-10-3-4-15(17)18/h5-8,12,16H,3-4,9-11H2,1-2H3. The van der Waals surface area contributed by atoms with Crippen molar-refractivity contribution in [2.45, 2.75) is 37.7 Å². The molecule has 0 radical (unpaired) electrons. The van der Waals surface area contributed by atoms with Crippen LogP contribution in [0.4, 0.5) is 5.69 Å². The van der Waals surface area contributed by atoms with E-state index in [9.17, 15) is 13.2 Å². The Hall–Kier alpha value is -1.44. The molecule has 22 heavy (non-hydrogen) atoms. The lowest BCUT2D eigenvalue weighted by Crippen LogP contribution is -2.28. The Labute approximate surface area is 131 Å². The minimum atomic E-state index is -3.55. The van der Waals surface area contributed by atoms with Gasteiger partial charge in [-0.2, -0.15) is 0 Å². The first-order valence-corrected chi connectivity index (χ1v) is 8.90. The fourth-order valence-corrected chi connectivity index (χ4v) is 3.29. The Morgan fingerprint density at radius 2 is 1.95 bits per heavy atom. The minimum Gasteiger partial charge on any atom is -0.377 e. The highest BCUT2D eigenvalue weighted by atomic mass is 32.2. The van der Waals surface area contributed by atoms with E-state index in [2.05, 4.69) is 4.72 Å². The van der Waals surface area contributed by atoms with E-state index in [4.69, 9.17) is 4.74 Å². The predicted molar refractivity (Wildman–Crippen MR) is 84.3 cm³/mol. The largest absolute Gasteiger partial charge is 0.377 e. The maximum atomic E-state index is 12.1. The summed E-state index contributed by atoms with van der Waals surface area (Å²) in [5.41, 5.74) is 0.740. The van der Waals surface area contributed by atoms with Crippen molar-refractivity contribution in [3.8, 4) is 0 Å². The molecule has 1 heterocycles. The number of benzene rings is 1. The summed E-state index contributed by atoms with van der Waals surface area (Å²) in [5, 5.41) is 0.